The number of piperidine rings is 1. The number of likely N-dealkylation sites (tertiary alicyclic amines) is 1. The molecule has 2 fully saturated rings. The fourth-order valence-electron chi connectivity index (χ4n) is 3.43. The van der Waals surface area contributed by atoms with Crippen molar-refractivity contribution in [3.05, 3.63) is 29.8 Å². The standard InChI is InChI=1S/C18H21F3N2O3S/c19-18(20,21)27-15-6-2-1-5-14(15)17(25)23-7-3-4-13(12-23)16(24)22-8-10-26-11-9-22/h1-2,5-6,13H,3-4,7-12H2. The second kappa shape index (κ2) is 8.52. The molecule has 9 heteroatoms. The van der Waals surface area contributed by atoms with Crippen LogP contribution in [0.25, 0.3) is 0 Å². The van der Waals surface area contributed by atoms with Gasteiger partial charge in [-0.25, -0.2) is 0 Å². The Bertz CT molecular complexity index is 693. The number of alkyl halides is 3. The van der Waals surface area contributed by atoms with Crippen LogP contribution < -0.4 is 0 Å². The van der Waals surface area contributed by atoms with Gasteiger partial charge in [0.25, 0.3) is 5.91 Å². The lowest BCUT2D eigenvalue weighted by molar-refractivity contribution is -0.141. The molecule has 27 heavy (non-hydrogen) atoms. The van der Waals surface area contributed by atoms with Gasteiger partial charge in [-0.3, -0.25) is 9.59 Å². The first-order chi connectivity index (χ1) is 12.8. The predicted molar refractivity (Wildman–Crippen MR) is 94.4 cm³/mol. The molecule has 0 bridgehead atoms. The number of ether oxygens (including phenoxy) is 1. The summed E-state index contributed by atoms with van der Waals surface area (Å²) in [5.41, 5.74) is -4.44. The van der Waals surface area contributed by atoms with Crippen LogP contribution in [0.15, 0.2) is 29.2 Å². The van der Waals surface area contributed by atoms with Crippen molar-refractivity contribution in [1.29, 1.82) is 0 Å². The molecule has 0 spiro atoms. The minimum absolute atomic E-state index is 0.00579. The third-order valence-electron chi connectivity index (χ3n) is 4.72. The van der Waals surface area contributed by atoms with E-state index >= 15 is 0 Å². The van der Waals surface area contributed by atoms with Crippen molar-refractivity contribution in [2.24, 2.45) is 5.92 Å². The first-order valence-electron chi connectivity index (χ1n) is 8.86. The summed E-state index contributed by atoms with van der Waals surface area (Å²) in [4.78, 5) is 28.7. The van der Waals surface area contributed by atoms with E-state index in [9.17, 15) is 22.8 Å². The summed E-state index contributed by atoms with van der Waals surface area (Å²) >= 11 is -0.287. The number of hydrogen-bond acceptors (Lipinski definition) is 4. The van der Waals surface area contributed by atoms with Crippen LogP contribution in [0.2, 0.25) is 0 Å². The Morgan fingerprint density at radius 2 is 1.78 bits per heavy atom. The highest BCUT2D eigenvalue weighted by Crippen LogP contribution is 2.39. The smallest absolute Gasteiger partial charge is 0.378 e. The topological polar surface area (TPSA) is 49.9 Å². The molecule has 2 saturated heterocycles. The summed E-state index contributed by atoms with van der Waals surface area (Å²) in [5.74, 6) is -0.779. The van der Waals surface area contributed by atoms with E-state index < -0.39 is 11.4 Å². The molecule has 0 radical (unpaired) electrons. The molecular weight excluding hydrogens is 381 g/mol. The van der Waals surface area contributed by atoms with Crippen LogP contribution in [0.5, 0.6) is 0 Å². The van der Waals surface area contributed by atoms with Crippen LogP contribution in [-0.2, 0) is 9.53 Å². The van der Waals surface area contributed by atoms with Gasteiger partial charge in [0.05, 0.1) is 24.7 Å². The van der Waals surface area contributed by atoms with E-state index in [1.807, 2.05) is 0 Å². The van der Waals surface area contributed by atoms with Gasteiger partial charge in [-0.15, -0.1) is 0 Å². The van der Waals surface area contributed by atoms with Crippen LogP contribution in [0.4, 0.5) is 13.2 Å². The van der Waals surface area contributed by atoms with E-state index in [2.05, 4.69) is 0 Å². The van der Waals surface area contributed by atoms with Gasteiger partial charge in [0.15, 0.2) is 0 Å². The van der Waals surface area contributed by atoms with Gasteiger partial charge in [0, 0.05) is 31.1 Å². The summed E-state index contributed by atoms with van der Waals surface area (Å²) in [6.45, 7) is 2.76. The van der Waals surface area contributed by atoms with Gasteiger partial charge in [-0.05, 0) is 36.7 Å². The van der Waals surface area contributed by atoms with Crippen molar-refractivity contribution in [3.8, 4) is 0 Å². The maximum Gasteiger partial charge on any atom is 0.446 e. The normalized spacial score (nSPS) is 21.2. The third kappa shape index (κ3) is 5.16. The van der Waals surface area contributed by atoms with Crippen LogP contribution in [0.1, 0.15) is 23.2 Å². The van der Waals surface area contributed by atoms with Crippen LogP contribution in [0.3, 0.4) is 0 Å². The molecule has 0 N–H and O–H groups in total. The molecule has 2 amide bonds. The Hall–Kier alpha value is -1.74. The first-order valence-corrected chi connectivity index (χ1v) is 9.67. The Balaban J connectivity index is 1.71. The fraction of sp³-hybridized carbons (Fsp3) is 0.556. The van der Waals surface area contributed by atoms with Gasteiger partial charge in [0.1, 0.15) is 0 Å². The van der Waals surface area contributed by atoms with Crippen molar-refractivity contribution in [2.45, 2.75) is 23.2 Å². The average molecular weight is 402 g/mol. The van der Waals surface area contributed by atoms with E-state index in [0.29, 0.717) is 45.7 Å². The number of nitrogens with zero attached hydrogens (tertiary/aromatic N) is 2. The number of halogens is 3. The van der Waals surface area contributed by atoms with Crippen molar-refractivity contribution in [2.75, 3.05) is 39.4 Å². The first kappa shape index (κ1) is 20.0. The summed E-state index contributed by atoms with van der Waals surface area (Å²) < 4.78 is 43.6. The Kier molecular flexibility index (Phi) is 6.31. The number of amides is 2. The number of rotatable bonds is 3. The highest BCUT2D eigenvalue weighted by Gasteiger charge is 2.35. The third-order valence-corrected chi connectivity index (χ3v) is 5.53. The monoisotopic (exact) mass is 402 g/mol. The Morgan fingerprint density at radius 3 is 2.48 bits per heavy atom. The molecule has 1 aromatic carbocycles. The maximum atomic E-state index is 12.9. The number of benzene rings is 1. The van der Waals surface area contributed by atoms with Gasteiger partial charge < -0.3 is 14.5 Å². The second-order valence-corrected chi connectivity index (χ2v) is 7.68. The van der Waals surface area contributed by atoms with Crippen molar-refractivity contribution < 1.29 is 27.5 Å². The fourth-order valence-corrected chi connectivity index (χ4v) is 4.09. The molecule has 3 rings (SSSR count). The number of morpholine rings is 1. The quantitative estimate of drug-likeness (QED) is 0.730. The summed E-state index contributed by atoms with van der Waals surface area (Å²) in [5, 5.41) is 0. The van der Waals surface area contributed by atoms with Crippen LogP contribution >= 0.6 is 11.8 Å². The summed E-state index contributed by atoms with van der Waals surface area (Å²) in [7, 11) is 0. The van der Waals surface area contributed by atoms with Crippen molar-refractivity contribution in [1.82, 2.24) is 9.80 Å². The van der Waals surface area contributed by atoms with Crippen molar-refractivity contribution >= 4 is 23.6 Å². The summed E-state index contributed by atoms with van der Waals surface area (Å²) in [6, 6.07) is 5.73. The van der Waals surface area contributed by atoms with Crippen LogP contribution in [-0.4, -0.2) is 66.5 Å². The molecule has 0 aliphatic carbocycles. The molecule has 148 valence electrons. The molecular formula is C18H21F3N2O3S. The molecule has 1 unspecified atom stereocenters. The van der Waals surface area contributed by atoms with Gasteiger partial charge in [-0.1, -0.05) is 12.1 Å². The maximum absolute atomic E-state index is 12.9. The molecule has 1 atom stereocenters. The molecule has 0 aromatic heterocycles. The van der Waals surface area contributed by atoms with Gasteiger partial charge >= 0.3 is 5.51 Å². The molecule has 5 nitrogen and oxygen atoms in total. The largest absolute Gasteiger partial charge is 0.446 e. The predicted octanol–water partition coefficient (Wildman–Crippen LogP) is 3.01. The van der Waals surface area contributed by atoms with E-state index in [0.717, 1.165) is 0 Å². The minimum atomic E-state index is -4.47. The highest BCUT2D eigenvalue weighted by molar-refractivity contribution is 8.00. The lowest BCUT2D eigenvalue weighted by Crippen LogP contribution is -2.49. The van der Waals surface area contributed by atoms with E-state index in [-0.39, 0.29) is 40.6 Å². The molecule has 0 saturated carbocycles. The minimum Gasteiger partial charge on any atom is -0.378 e. The highest BCUT2D eigenvalue weighted by atomic mass is 32.2. The van der Waals surface area contributed by atoms with Gasteiger partial charge in [0.2, 0.25) is 5.91 Å². The zero-order chi connectivity index (χ0) is 19.4. The zero-order valence-corrected chi connectivity index (χ0v) is 15.5. The van der Waals surface area contributed by atoms with E-state index in [4.69, 9.17) is 4.74 Å². The van der Waals surface area contributed by atoms with Crippen LogP contribution in [0, 0.1) is 5.92 Å². The second-order valence-electron chi connectivity index (χ2n) is 6.57. The lowest BCUT2D eigenvalue weighted by atomic mass is 9.95. The molecule has 2 aliphatic heterocycles. The van der Waals surface area contributed by atoms with E-state index in [1.165, 1.54) is 23.1 Å². The van der Waals surface area contributed by atoms with Gasteiger partial charge in [-0.2, -0.15) is 13.2 Å². The molecule has 2 aliphatic rings. The zero-order valence-electron chi connectivity index (χ0n) is 14.7. The lowest BCUT2D eigenvalue weighted by Gasteiger charge is -2.36. The number of hydrogen-bond donors (Lipinski definition) is 0. The average Bonchev–Trinajstić information content (AvgIpc) is 2.67. The SMILES string of the molecule is O=C(c1ccccc1SC(F)(F)F)N1CCCC(C(=O)N2CCOCC2)C1. The molecule has 1 aromatic rings. The summed E-state index contributed by atoms with van der Waals surface area (Å²) in [6.07, 6.45) is 1.33. The van der Waals surface area contributed by atoms with Crippen molar-refractivity contribution in [3.63, 3.8) is 0 Å². The van der Waals surface area contributed by atoms with E-state index in [1.54, 1.807) is 11.0 Å². The number of carbonyl (C=O) groups excluding carboxylic acids is 2. The number of thioether (sulfide) groups is 1. The number of carbonyl (C=O) groups is 2. The Labute approximate surface area is 159 Å². The molecule has 2 heterocycles. The Morgan fingerprint density at radius 1 is 1.07 bits per heavy atom.